The number of hydrogen-bond donors (Lipinski definition) is 2. The largest absolute Gasteiger partial charge is 0.489 e. The Morgan fingerprint density at radius 1 is 0.760 bits per heavy atom. The highest BCUT2D eigenvalue weighted by atomic mass is 19.2. The molecule has 0 saturated carbocycles. The number of nitrogens with one attached hydrogen (secondary N) is 2. The van der Waals surface area contributed by atoms with Crippen LogP contribution in [0.3, 0.4) is 0 Å². The molecule has 0 spiro atoms. The molecule has 0 aliphatic rings. The highest BCUT2D eigenvalue weighted by Crippen LogP contribution is 2.17. The van der Waals surface area contributed by atoms with Crippen molar-refractivity contribution in [3.8, 4) is 5.75 Å². The Balaban J connectivity index is 1.47. The van der Waals surface area contributed by atoms with Crippen molar-refractivity contribution in [2.75, 3.05) is 5.43 Å². The lowest BCUT2D eigenvalue weighted by Crippen LogP contribution is -2.20. The van der Waals surface area contributed by atoms with Gasteiger partial charge in [0.15, 0.2) is 11.6 Å². The first-order chi connectivity index (χ1) is 12.2. The Labute approximate surface area is 145 Å². The third kappa shape index (κ3) is 5.02. The van der Waals surface area contributed by atoms with Gasteiger partial charge < -0.3 is 10.2 Å². The van der Waals surface area contributed by atoms with Crippen LogP contribution in [0.25, 0.3) is 0 Å². The minimum Gasteiger partial charge on any atom is -0.489 e. The van der Waals surface area contributed by atoms with Gasteiger partial charge in [0.05, 0.1) is 0 Å². The van der Waals surface area contributed by atoms with Crippen LogP contribution in [0.4, 0.5) is 14.5 Å². The van der Waals surface area contributed by atoms with Gasteiger partial charge in [0.25, 0.3) is 0 Å². The first-order valence-corrected chi connectivity index (χ1v) is 7.90. The predicted molar refractivity (Wildman–Crippen MR) is 94.0 cm³/mol. The molecule has 0 aliphatic heterocycles. The number of anilines is 1. The summed E-state index contributed by atoms with van der Waals surface area (Å²) in [5.74, 6) is -1.49. The molecule has 0 bridgehead atoms. The standard InChI is InChI=1S/C20H18F2N2O/c21-19-11-10-18(12-20(19)22)25-14-16-8-6-15(7-9-16)13-23-24-17-4-2-1-3-5-17/h1-12,23-24H,13-14H2. The van der Waals surface area contributed by atoms with Gasteiger partial charge in [0, 0.05) is 18.3 Å². The van der Waals surface area contributed by atoms with Gasteiger partial charge in [-0.25, -0.2) is 14.2 Å². The van der Waals surface area contributed by atoms with E-state index >= 15 is 0 Å². The molecule has 3 rings (SSSR count). The Kier molecular flexibility index (Phi) is 5.59. The molecule has 0 aromatic heterocycles. The SMILES string of the molecule is Fc1ccc(OCc2ccc(CNNc3ccccc3)cc2)cc1F. The second kappa shape index (κ2) is 8.26. The maximum absolute atomic E-state index is 13.1. The normalized spacial score (nSPS) is 10.5. The number of hydrogen-bond acceptors (Lipinski definition) is 3. The molecule has 5 heteroatoms. The summed E-state index contributed by atoms with van der Waals surface area (Å²) in [5.41, 5.74) is 9.33. The van der Waals surface area contributed by atoms with E-state index in [2.05, 4.69) is 10.9 Å². The number of ether oxygens (including phenoxy) is 1. The molecular weight excluding hydrogens is 322 g/mol. The van der Waals surface area contributed by atoms with E-state index in [4.69, 9.17) is 4.74 Å². The van der Waals surface area contributed by atoms with Crippen molar-refractivity contribution in [3.63, 3.8) is 0 Å². The number of hydrazine groups is 1. The van der Waals surface area contributed by atoms with Crippen LogP contribution in [0.15, 0.2) is 72.8 Å². The zero-order chi connectivity index (χ0) is 17.5. The molecule has 0 atom stereocenters. The number of para-hydroxylation sites is 1. The highest BCUT2D eigenvalue weighted by Gasteiger charge is 2.03. The van der Waals surface area contributed by atoms with E-state index in [-0.39, 0.29) is 0 Å². The van der Waals surface area contributed by atoms with E-state index < -0.39 is 11.6 Å². The van der Waals surface area contributed by atoms with Crippen molar-refractivity contribution < 1.29 is 13.5 Å². The zero-order valence-electron chi connectivity index (χ0n) is 13.5. The molecule has 0 amide bonds. The van der Waals surface area contributed by atoms with Crippen LogP contribution < -0.4 is 15.6 Å². The minimum absolute atomic E-state index is 0.293. The lowest BCUT2D eigenvalue weighted by molar-refractivity contribution is 0.303. The molecule has 128 valence electrons. The average molecular weight is 340 g/mol. The molecule has 0 fully saturated rings. The van der Waals surface area contributed by atoms with Crippen LogP contribution in [0.5, 0.6) is 5.75 Å². The molecule has 3 aromatic rings. The van der Waals surface area contributed by atoms with Gasteiger partial charge in [-0.15, -0.1) is 0 Å². The molecule has 3 nitrogen and oxygen atoms in total. The molecule has 3 aromatic carbocycles. The van der Waals surface area contributed by atoms with Gasteiger partial charge in [-0.2, -0.15) is 0 Å². The fourth-order valence-corrected chi connectivity index (χ4v) is 2.26. The average Bonchev–Trinajstić information content (AvgIpc) is 2.65. The summed E-state index contributed by atoms with van der Waals surface area (Å²) < 4.78 is 31.5. The second-order valence-corrected chi connectivity index (χ2v) is 5.53. The maximum Gasteiger partial charge on any atom is 0.162 e. The quantitative estimate of drug-likeness (QED) is 0.614. The summed E-state index contributed by atoms with van der Waals surface area (Å²) in [6, 6.07) is 21.2. The molecule has 0 unspecified atom stereocenters. The zero-order valence-corrected chi connectivity index (χ0v) is 13.5. The van der Waals surface area contributed by atoms with Crippen molar-refractivity contribution in [1.29, 1.82) is 0 Å². The monoisotopic (exact) mass is 340 g/mol. The molecule has 0 heterocycles. The van der Waals surface area contributed by atoms with Crippen molar-refractivity contribution in [2.45, 2.75) is 13.2 Å². The molecule has 0 radical (unpaired) electrons. The Bertz CT molecular complexity index is 808. The molecule has 0 aliphatic carbocycles. The molecule has 25 heavy (non-hydrogen) atoms. The predicted octanol–water partition coefficient (Wildman–Crippen LogP) is 4.66. The van der Waals surface area contributed by atoms with Crippen molar-refractivity contribution in [2.24, 2.45) is 0 Å². The van der Waals surface area contributed by atoms with E-state index in [1.54, 1.807) is 0 Å². The van der Waals surface area contributed by atoms with Gasteiger partial charge in [0.1, 0.15) is 12.4 Å². The second-order valence-electron chi connectivity index (χ2n) is 5.53. The number of benzene rings is 3. The molecule has 0 saturated heterocycles. The molecular formula is C20H18F2N2O. The van der Waals surface area contributed by atoms with Gasteiger partial charge in [0.2, 0.25) is 0 Å². The summed E-state index contributed by atoms with van der Waals surface area (Å²) in [6.45, 7) is 0.959. The van der Waals surface area contributed by atoms with Gasteiger partial charge in [-0.3, -0.25) is 0 Å². The maximum atomic E-state index is 13.1. The summed E-state index contributed by atoms with van der Waals surface area (Å²) in [7, 11) is 0. The Morgan fingerprint density at radius 2 is 1.48 bits per heavy atom. The van der Waals surface area contributed by atoms with Gasteiger partial charge >= 0.3 is 0 Å². The van der Waals surface area contributed by atoms with Crippen LogP contribution in [0, 0.1) is 11.6 Å². The van der Waals surface area contributed by atoms with Crippen LogP contribution in [-0.4, -0.2) is 0 Å². The van der Waals surface area contributed by atoms with E-state index in [1.165, 1.54) is 6.07 Å². The Morgan fingerprint density at radius 3 is 2.20 bits per heavy atom. The van der Waals surface area contributed by atoms with Crippen molar-refractivity contribution in [1.82, 2.24) is 5.43 Å². The summed E-state index contributed by atoms with van der Waals surface area (Å²) in [6.07, 6.45) is 0. The van der Waals surface area contributed by atoms with Gasteiger partial charge in [-0.1, -0.05) is 42.5 Å². The van der Waals surface area contributed by atoms with Crippen molar-refractivity contribution >= 4 is 5.69 Å². The topological polar surface area (TPSA) is 33.3 Å². The third-order valence-corrected chi connectivity index (χ3v) is 3.62. The Hall–Kier alpha value is -2.92. The van der Waals surface area contributed by atoms with Crippen molar-refractivity contribution in [3.05, 3.63) is 95.6 Å². The van der Waals surface area contributed by atoms with E-state index in [1.807, 2.05) is 54.6 Å². The van der Waals surface area contributed by atoms with Crippen LogP contribution >= 0.6 is 0 Å². The third-order valence-electron chi connectivity index (χ3n) is 3.62. The van der Waals surface area contributed by atoms with Crippen LogP contribution in [-0.2, 0) is 13.2 Å². The lowest BCUT2D eigenvalue weighted by Gasteiger charge is -2.10. The van der Waals surface area contributed by atoms with E-state index in [9.17, 15) is 8.78 Å². The molecule has 2 N–H and O–H groups in total. The minimum atomic E-state index is -0.912. The fourth-order valence-electron chi connectivity index (χ4n) is 2.26. The first-order valence-electron chi connectivity index (χ1n) is 7.90. The summed E-state index contributed by atoms with van der Waals surface area (Å²) >= 11 is 0. The summed E-state index contributed by atoms with van der Waals surface area (Å²) in [4.78, 5) is 0. The first kappa shape index (κ1) is 16.9. The smallest absolute Gasteiger partial charge is 0.162 e. The van der Waals surface area contributed by atoms with Crippen LogP contribution in [0.2, 0.25) is 0 Å². The summed E-state index contributed by atoms with van der Waals surface area (Å²) in [5, 5.41) is 0. The lowest BCUT2D eigenvalue weighted by atomic mass is 10.1. The van der Waals surface area contributed by atoms with Gasteiger partial charge in [-0.05, 0) is 35.4 Å². The van der Waals surface area contributed by atoms with Crippen LogP contribution in [0.1, 0.15) is 11.1 Å². The number of halogens is 2. The highest BCUT2D eigenvalue weighted by molar-refractivity contribution is 5.41. The van der Waals surface area contributed by atoms with E-state index in [0.29, 0.717) is 18.9 Å². The fraction of sp³-hybridized carbons (Fsp3) is 0.100. The van der Waals surface area contributed by atoms with E-state index in [0.717, 1.165) is 28.9 Å². The number of rotatable bonds is 7.